The summed E-state index contributed by atoms with van der Waals surface area (Å²) in [4.78, 5) is 33.0. The highest BCUT2D eigenvalue weighted by atomic mass is 32.2. The van der Waals surface area contributed by atoms with E-state index in [9.17, 15) is 9.59 Å². The SMILES string of the molecule is Cc1ccccc1N=C1SC(CC(=O)Nc2ccc3ccccc3c2)C(=O)N1CCC1=CCCCC1. The molecule has 2 aliphatic rings. The molecule has 3 aromatic carbocycles. The third-order valence-corrected chi connectivity index (χ3v) is 7.97. The van der Waals surface area contributed by atoms with Crippen molar-refractivity contribution in [2.45, 2.75) is 50.7 Å². The van der Waals surface area contributed by atoms with Crippen LogP contribution in [0.25, 0.3) is 10.8 Å². The maximum absolute atomic E-state index is 13.5. The summed E-state index contributed by atoms with van der Waals surface area (Å²) in [5.41, 5.74) is 4.08. The van der Waals surface area contributed by atoms with E-state index in [0.29, 0.717) is 11.7 Å². The van der Waals surface area contributed by atoms with E-state index in [-0.39, 0.29) is 18.2 Å². The highest BCUT2D eigenvalue weighted by Gasteiger charge is 2.39. The maximum Gasteiger partial charge on any atom is 0.242 e. The van der Waals surface area contributed by atoms with Crippen molar-refractivity contribution in [3.8, 4) is 0 Å². The highest BCUT2D eigenvalue weighted by molar-refractivity contribution is 8.15. The summed E-state index contributed by atoms with van der Waals surface area (Å²) in [5, 5.41) is 5.38. The van der Waals surface area contributed by atoms with Crippen LogP contribution in [0.5, 0.6) is 0 Å². The quantitative estimate of drug-likeness (QED) is 0.358. The number of fused-ring (bicyclic) bond motifs is 1. The fourth-order valence-electron chi connectivity index (χ4n) is 4.76. The molecule has 0 spiro atoms. The Balaban J connectivity index is 1.31. The second-order valence-corrected chi connectivity index (χ2v) is 10.6. The number of allylic oxidation sites excluding steroid dienone is 1. The molecule has 1 aliphatic carbocycles. The Morgan fingerprint density at radius 2 is 1.86 bits per heavy atom. The lowest BCUT2D eigenvalue weighted by Crippen LogP contribution is -2.34. The predicted molar refractivity (Wildman–Crippen MR) is 150 cm³/mol. The van der Waals surface area contributed by atoms with Gasteiger partial charge in [0.2, 0.25) is 11.8 Å². The zero-order valence-corrected chi connectivity index (χ0v) is 21.4. The molecule has 0 saturated carbocycles. The third kappa shape index (κ3) is 5.71. The van der Waals surface area contributed by atoms with E-state index in [4.69, 9.17) is 4.99 Å². The van der Waals surface area contributed by atoms with E-state index in [0.717, 1.165) is 47.0 Å². The zero-order chi connectivity index (χ0) is 24.9. The number of benzene rings is 3. The minimum atomic E-state index is -0.478. The number of thioether (sulfide) groups is 1. The molecule has 1 unspecified atom stereocenters. The van der Waals surface area contributed by atoms with Gasteiger partial charge in [-0.05, 0) is 73.6 Å². The van der Waals surface area contributed by atoms with Crippen molar-refractivity contribution in [3.05, 3.63) is 83.9 Å². The number of para-hydroxylation sites is 1. The number of amidine groups is 1. The minimum Gasteiger partial charge on any atom is -0.326 e. The van der Waals surface area contributed by atoms with Gasteiger partial charge < -0.3 is 5.32 Å². The number of anilines is 1. The van der Waals surface area contributed by atoms with Crippen LogP contribution in [-0.4, -0.2) is 33.7 Å². The first-order valence-corrected chi connectivity index (χ1v) is 13.5. The molecule has 1 aliphatic heterocycles. The molecule has 0 aromatic heterocycles. The van der Waals surface area contributed by atoms with E-state index >= 15 is 0 Å². The molecule has 5 rings (SSSR count). The van der Waals surface area contributed by atoms with Crippen molar-refractivity contribution < 1.29 is 9.59 Å². The molecular weight excluding hydrogens is 466 g/mol. The van der Waals surface area contributed by atoms with Gasteiger partial charge in [-0.15, -0.1) is 0 Å². The number of aliphatic imine (C=N–C) groups is 1. The van der Waals surface area contributed by atoms with Crippen molar-refractivity contribution in [2.75, 3.05) is 11.9 Å². The molecule has 0 radical (unpaired) electrons. The summed E-state index contributed by atoms with van der Waals surface area (Å²) in [5.74, 6) is -0.194. The number of aryl methyl sites for hydroxylation is 1. The number of hydrogen-bond donors (Lipinski definition) is 1. The molecule has 6 heteroatoms. The Hall–Kier alpha value is -3.38. The number of carbonyl (C=O) groups excluding carboxylic acids is 2. The number of rotatable bonds is 7. The normalized spacial score (nSPS) is 19.1. The number of hydrogen-bond acceptors (Lipinski definition) is 4. The maximum atomic E-state index is 13.5. The molecule has 1 atom stereocenters. The van der Waals surface area contributed by atoms with E-state index in [1.807, 2.05) is 73.7 Å². The van der Waals surface area contributed by atoms with Crippen LogP contribution in [0.4, 0.5) is 11.4 Å². The van der Waals surface area contributed by atoms with Gasteiger partial charge in [0.1, 0.15) is 5.25 Å². The molecular formula is C30H31N3O2S. The second kappa shape index (κ2) is 11.1. The average molecular weight is 498 g/mol. The van der Waals surface area contributed by atoms with Crippen LogP contribution in [0.15, 0.2) is 83.4 Å². The first kappa shape index (κ1) is 24.3. The molecule has 0 bridgehead atoms. The molecule has 1 heterocycles. The van der Waals surface area contributed by atoms with Gasteiger partial charge in [-0.2, -0.15) is 0 Å². The fourth-order valence-corrected chi connectivity index (χ4v) is 5.93. The molecule has 2 amide bonds. The minimum absolute atomic E-state index is 0.0302. The largest absolute Gasteiger partial charge is 0.326 e. The van der Waals surface area contributed by atoms with Gasteiger partial charge in [-0.3, -0.25) is 14.5 Å². The van der Waals surface area contributed by atoms with Crippen molar-refractivity contribution in [2.24, 2.45) is 4.99 Å². The van der Waals surface area contributed by atoms with Crippen LogP contribution in [0, 0.1) is 6.92 Å². The monoisotopic (exact) mass is 497 g/mol. The summed E-state index contributed by atoms with van der Waals surface area (Å²) >= 11 is 1.40. The van der Waals surface area contributed by atoms with Gasteiger partial charge in [-0.25, -0.2) is 4.99 Å². The lowest BCUT2D eigenvalue weighted by molar-refractivity contribution is -0.128. The van der Waals surface area contributed by atoms with E-state index in [1.165, 1.54) is 30.2 Å². The van der Waals surface area contributed by atoms with Gasteiger partial charge in [0.25, 0.3) is 0 Å². The van der Waals surface area contributed by atoms with Crippen LogP contribution in [0.1, 0.15) is 44.1 Å². The summed E-state index contributed by atoms with van der Waals surface area (Å²) in [6.07, 6.45) is 7.99. The topological polar surface area (TPSA) is 61.8 Å². The Morgan fingerprint density at radius 3 is 2.67 bits per heavy atom. The van der Waals surface area contributed by atoms with Gasteiger partial charge in [-0.1, -0.05) is 71.9 Å². The molecule has 1 fully saturated rings. The van der Waals surface area contributed by atoms with Crippen LogP contribution >= 0.6 is 11.8 Å². The predicted octanol–water partition coefficient (Wildman–Crippen LogP) is 7.00. The van der Waals surface area contributed by atoms with Crippen LogP contribution in [0.3, 0.4) is 0 Å². The Bertz CT molecular complexity index is 1350. The zero-order valence-electron chi connectivity index (χ0n) is 20.6. The molecule has 36 heavy (non-hydrogen) atoms. The van der Waals surface area contributed by atoms with Crippen molar-refractivity contribution in [1.82, 2.24) is 4.90 Å². The lowest BCUT2D eigenvalue weighted by Gasteiger charge is -2.19. The standard InChI is InChI=1S/C30H31N3O2S/c1-21-9-5-8-14-26(21)32-30-33(18-17-22-10-3-2-4-11-22)29(35)27(36-30)20-28(34)31-25-16-15-23-12-6-7-13-24(23)19-25/h5-10,12-16,19,27H,2-4,11,17-18,20H2,1H3,(H,31,34). The summed E-state index contributed by atoms with van der Waals surface area (Å²) in [7, 11) is 0. The van der Waals surface area contributed by atoms with Crippen molar-refractivity contribution in [1.29, 1.82) is 0 Å². The van der Waals surface area contributed by atoms with Crippen LogP contribution < -0.4 is 5.32 Å². The first-order valence-electron chi connectivity index (χ1n) is 12.7. The number of amides is 2. The fraction of sp³-hybridized carbons (Fsp3) is 0.300. The number of nitrogens with one attached hydrogen (secondary N) is 1. The molecule has 1 N–H and O–H groups in total. The van der Waals surface area contributed by atoms with Crippen LogP contribution in [-0.2, 0) is 9.59 Å². The lowest BCUT2D eigenvalue weighted by atomic mass is 9.97. The Labute approximate surface area is 216 Å². The van der Waals surface area contributed by atoms with Crippen molar-refractivity contribution >= 4 is 50.9 Å². The first-order chi connectivity index (χ1) is 17.6. The molecule has 3 aromatic rings. The number of carbonyl (C=O) groups is 2. The van der Waals surface area contributed by atoms with Crippen molar-refractivity contribution in [3.63, 3.8) is 0 Å². The summed E-state index contributed by atoms with van der Waals surface area (Å²) in [6.45, 7) is 2.62. The third-order valence-electron chi connectivity index (χ3n) is 6.80. The molecule has 1 saturated heterocycles. The summed E-state index contributed by atoms with van der Waals surface area (Å²) in [6, 6.07) is 21.8. The van der Waals surface area contributed by atoms with Crippen LogP contribution in [0.2, 0.25) is 0 Å². The second-order valence-electron chi connectivity index (χ2n) is 9.45. The smallest absolute Gasteiger partial charge is 0.242 e. The average Bonchev–Trinajstić information content (AvgIpc) is 3.18. The highest BCUT2D eigenvalue weighted by Crippen LogP contribution is 2.34. The Kier molecular flexibility index (Phi) is 7.52. The Morgan fingerprint density at radius 1 is 1.06 bits per heavy atom. The summed E-state index contributed by atoms with van der Waals surface area (Å²) < 4.78 is 0. The van der Waals surface area contributed by atoms with E-state index in [1.54, 1.807) is 4.90 Å². The van der Waals surface area contributed by atoms with E-state index in [2.05, 4.69) is 11.4 Å². The van der Waals surface area contributed by atoms with Gasteiger partial charge in [0.05, 0.1) is 5.69 Å². The van der Waals surface area contributed by atoms with Gasteiger partial charge >= 0.3 is 0 Å². The van der Waals surface area contributed by atoms with Gasteiger partial charge in [0.15, 0.2) is 5.17 Å². The molecule has 184 valence electrons. The van der Waals surface area contributed by atoms with E-state index < -0.39 is 5.25 Å². The molecule has 5 nitrogen and oxygen atoms in total. The van der Waals surface area contributed by atoms with Gasteiger partial charge in [0, 0.05) is 18.7 Å². The number of nitrogens with zero attached hydrogens (tertiary/aromatic N) is 2.